The van der Waals surface area contributed by atoms with E-state index in [4.69, 9.17) is 4.74 Å². The highest BCUT2D eigenvalue weighted by atomic mass is 16.5. The normalized spacial score (nSPS) is 17.4. The molecule has 17 heavy (non-hydrogen) atoms. The zero-order valence-electron chi connectivity index (χ0n) is 11.2. The fraction of sp³-hybridized carbons (Fsp3) is 0.467. The number of rotatable bonds is 3. The summed E-state index contributed by atoms with van der Waals surface area (Å²) in [4.78, 5) is 2.28. The van der Waals surface area contributed by atoms with Crippen LogP contribution in [0.15, 0.2) is 30.5 Å². The summed E-state index contributed by atoms with van der Waals surface area (Å²) >= 11 is 0. The van der Waals surface area contributed by atoms with Crippen LogP contribution in [0.25, 0.3) is 0 Å². The second kappa shape index (κ2) is 4.19. The minimum Gasteiger partial charge on any atom is -0.383 e. The number of allylic oxidation sites excluding steroid dienone is 1. The molecule has 1 aromatic rings. The maximum absolute atomic E-state index is 5.18. The smallest absolute Gasteiger partial charge is 0.0642 e. The van der Waals surface area contributed by atoms with Crippen molar-refractivity contribution in [2.45, 2.75) is 26.2 Å². The summed E-state index contributed by atoms with van der Waals surface area (Å²) in [6, 6.07) is 6.63. The molecular weight excluding hydrogens is 210 g/mol. The van der Waals surface area contributed by atoms with Crippen molar-refractivity contribution < 1.29 is 4.74 Å². The van der Waals surface area contributed by atoms with E-state index in [0.717, 1.165) is 18.8 Å². The third kappa shape index (κ3) is 1.87. The fourth-order valence-corrected chi connectivity index (χ4v) is 2.46. The molecule has 2 nitrogen and oxygen atoms in total. The van der Waals surface area contributed by atoms with Gasteiger partial charge in [0.25, 0.3) is 0 Å². The largest absolute Gasteiger partial charge is 0.383 e. The van der Waals surface area contributed by atoms with E-state index in [0.29, 0.717) is 0 Å². The summed E-state index contributed by atoms with van der Waals surface area (Å²) in [6.45, 7) is 12.5. The zero-order valence-corrected chi connectivity index (χ0v) is 11.2. The van der Waals surface area contributed by atoms with Gasteiger partial charge in [0.2, 0.25) is 0 Å². The summed E-state index contributed by atoms with van der Waals surface area (Å²) < 4.78 is 5.18. The number of aryl methyl sites for hydroxylation is 1. The Hall–Kier alpha value is -1.28. The Morgan fingerprint density at radius 2 is 2.06 bits per heavy atom. The highest BCUT2D eigenvalue weighted by molar-refractivity contribution is 5.70. The van der Waals surface area contributed by atoms with Crippen LogP contribution in [0, 0.1) is 6.92 Å². The van der Waals surface area contributed by atoms with Gasteiger partial charge in [0.1, 0.15) is 0 Å². The number of fused-ring (bicyclic) bond motifs is 1. The van der Waals surface area contributed by atoms with Gasteiger partial charge in [-0.15, -0.1) is 0 Å². The molecule has 0 saturated carbocycles. The maximum atomic E-state index is 5.18. The van der Waals surface area contributed by atoms with Crippen molar-refractivity contribution in [3.63, 3.8) is 0 Å². The fourth-order valence-electron chi connectivity index (χ4n) is 2.46. The van der Waals surface area contributed by atoms with Gasteiger partial charge >= 0.3 is 0 Å². The first kappa shape index (κ1) is 12.2. The van der Waals surface area contributed by atoms with Crippen LogP contribution < -0.4 is 4.90 Å². The first-order valence-corrected chi connectivity index (χ1v) is 6.05. The van der Waals surface area contributed by atoms with Crippen molar-refractivity contribution in [1.82, 2.24) is 0 Å². The average Bonchev–Trinajstić information content (AvgIpc) is 2.47. The van der Waals surface area contributed by atoms with E-state index in [1.54, 1.807) is 7.11 Å². The molecule has 0 aromatic heterocycles. The Morgan fingerprint density at radius 3 is 2.71 bits per heavy atom. The lowest BCUT2D eigenvalue weighted by Gasteiger charge is -2.25. The molecule has 92 valence electrons. The Morgan fingerprint density at radius 1 is 1.35 bits per heavy atom. The SMILES string of the molecule is C=C1N(CCOC)c2ccc(C)cc2C1(C)C. The lowest BCUT2D eigenvalue weighted by Crippen LogP contribution is -2.28. The van der Waals surface area contributed by atoms with Gasteiger partial charge < -0.3 is 9.64 Å². The molecule has 0 atom stereocenters. The van der Waals surface area contributed by atoms with Gasteiger partial charge in [-0.1, -0.05) is 38.1 Å². The van der Waals surface area contributed by atoms with Crippen LogP contribution in [-0.2, 0) is 10.2 Å². The highest BCUT2D eigenvalue weighted by Crippen LogP contribution is 2.46. The molecule has 1 aromatic carbocycles. The Balaban J connectivity index is 2.44. The van der Waals surface area contributed by atoms with Crippen molar-refractivity contribution in [2.75, 3.05) is 25.2 Å². The molecule has 2 rings (SSSR count). The molecule has 0 saturated heterocycles. The molecule has 1 aliphatic rings. The summed E-state index contributed by atoms with van der Waals surface area (Å²) in [5.41, 5.74) is 5.14. The van der Waals surface area contributed by atoms with E-state index in [1.807, 2.05) is 0 Å². The number of anilines is 1. The highest BCUT2D eigenvalue weighted by Gasteiger charge is 2.38. The van der Waals surface area contributed by atoms with Crippen LogP contribution in [0.4, 0.5) is 5.69 Å². The summed E-state index contributed by atoms with van der Waals surface area (Å²) in [6.07, 6.45) is 0. The van der Waals surface area contributed by atoms with Crippen molar-refractivity contribution in [3.8, 4) is 0 Å². The van der Waals surface area contributed by atoms with Crippen molar-refractivity contribution in [3.05, 3.63) is 41.6 Å². The lowest BCUT2D eigenvalue weighted by atomic mass is 9.84. The molecule has 0 spiro atoms. The predicted molar refractivity (Wildman–Crippen MR) is 72.6 cm³/mol. The zero-order chi connectivity index (χ0) is 12.6. The monoisotopic (exact) mass is 231 g/mol. The van der Waals surface area contributed by atoms with E-state index < -0.39 is 0 Å². The van der Waals surface area contributed by atoms with Crippen molar-refractivity contribution in [2.24, 2.45) is 0 Å². The molecule has 0 aliphatic carbocycles. The van der Waals surface area contributed by atoms with Crippen LogP contribution in [0.3, 0.4) is 0 Å². The molecule has 1 heterocycles. The number of ether oxygens (including phenoxy) is 1. The molecule has 0 unspecified atom stereocenters. The van der Waals surface area contributed by atoms with E-state index in [9.17, 15) is 0 Å². The minimum absolute atomic E-state index is 0.0229. The molecule has 0 bridgehead atoms. The van der Waals surface area contributed by atoms with Crippen LogP contribution in [0.1, 0.15) is 25.0 Å². The quantitative estimate of drug-likeness (QED) is 0.791. The molecule has 0 amide bonds. The van der Waals surface area contributed by atoms with Gasteiger partial charge in [0, 0.05) is 30.5 Å². The van der Waals surface area contributed by atoms with E-state index in [2.05, 4.69) is 50.4 Å². The van der Waals surface area contributed by atoms with Crippen molar-refractivity contribution in [1.29, 1.82) is 0 Å². The Bertz CT molecular complexity index is 448. The second-order valence-corrected chi connectivity index (χ2v) is 5.24. The summed E-state index contributed by atoms with van der Waals surface area (Å²) in [7, 11) is 1.74. The van der Waals surface area contributed by atoms with Crippen LogP contribution in [0.2, 0.25) is 0 Å². The average molecular weight is 231 g/mol. The number of hydrogen-bond acceptors (Lipinski definition) is 2. The first-order chi connectivity index (χ1) is 7.98. The third-order valence-electron chi connectivity index (χ3n) is 3.68. The predicted octanol–water partition coefficient (Wildman–Crippen LogP) is 3.25. The molecule has 1 aliphatic heterocycles. The number of benzene rings is 1. The summed E-state index contributed by atoms with van der Waals surface area (Å²) in [5.74, 6) is 0. The van der Waals surface area contributed by atoms with Gasteiger partial charge in [-0.25, -0.2) is 0 Å². The van der Waals surface area contributed by atoms with Crippen LogP contribution in [0.5, 0.6) is 0 Å². The molecule has 0 fully saturated rings. The molecule has 0 N–H and O–H groups in total. The number of nitrogens with zero attached hydrogens (tertiary/aromatic N) is 1. The second-order valence-electron chi connectivity index (χ2n) is 5.24. The first-order valence-electron chi connectivity index (χ1n) is 6.05. The van der Waals surface area contributed by atoms with E-state index >= 15 is 0 Å². The van der Waals surface area contributed by atoms with Gasteiger partial charge in [-0.3, -0.25) is 0 Å². The third-order valence-corrected chi connectivity index (χ3v) is 3.68. The van der Waals surface area contributed by atoms with Gasteiger partial charge in [0.05, 0.1) is 6.61 Å². The molecular formula is C15H21NO. The minimum atomic E-state index is 0.0229. The van der Waals surface area contributed by atoms with Crippen LogP contribution >= 0.6 is 0 Å². The standard InChI is InChI=1S/C15H21NO/c1-11-6-7-14-13(10-11)15(3,4)12(2)16(14)8-9-17-5/h6-7,10H,2,8-9H2,1,3-5H3. The van der Waals surface area contributed by atoms with Gasteiger partial charge in [-0.2, -0.15) is 0 Å². The number of hydrogen-bond donors (Lipinski definition) is 0. The van der Waals surface area contributed by atoms with Gasteiger partial charge in [0.15, 0.2) is 0 Å². The van der Waals surface area contributed by atoms with Gasteiger partial charge in [-0.05, 0) is 18.6 Å². The topological polar surface area (TPSA) is 12.5 Å². The van der Waals surface area contributed by atoms with E-state index in [1.165, 1.54) is 16.8 Å². The van der Waals surface area contributed by atoms with Crippen LogP contribution in [-0.4, -0.2) is 20.3 Å². The maximum Gasteiger partial charge on any atom is 0.0642 e. The molecule has 2 heteroatoms. The van der Waals surface area contributed by atoms with E-state index in [-0.39, 0.29) is 5.41 Å². The van der Waals surface area contributed by atoms with Crippen molar-refractivity contribution >= 4 is 5.69 Å². The summed E-state index contributed by atoms with van der Waals surface area (Å²) in [5, 5.41) is 0. The lowest BCUT2D eigenvalue weighted by molar-refractivity contribution is 0.206. The Kier molecular flexibility index (Phi) is 3.00. The molecule has 0 radical (unpaired) electrons. The number of methoxy groups -OCH3 is 1. The Labute approximate surface area is 104 Å².